The lowest BCUT2D eigenvalue weighted by atomic mass is 9.94. The fraction of sp³-hybridized carbons (Fsp3) is 0. The van der Waals surface area contributed by atoms with E-state index in [1.165, 1.54) is 0 Å². The Bertz CT molecular complexity index is 2800. The minimum atomic E-state index is 0.591. The Kier molecular flexibility index (Phi) is 6.42. The molecule has 0 aliphatic carbocycles. The molecule has 0 bridgehead atoms. The third-order valence-electron chi connectivity index (χ3n) is 9.35. The standard InChI is InChI=1S/C45H27N3O2/c1-4-12-28(13-5-1)34-25-24-33(41-37-18-10-11-19-38(37)50-42(34)41)31-20-22-35-36-23-21-32(27-40(36)49-39(35)26-31)45-47-43(29-14-6-2-7-15-29)46-44(48-45)30-16-8-3-9-17-30/h1-27H. The lowest BCUT2D eigenvalue weighted by Gasteiger charge is -2.08. The second-order valence-corrected chi connectivity index (χ2v) is 12.4. The first-order valence-electron chi connectivity index (χ1n) is 16.6. The highest BCUT2D eigenvalue weighted by molar-refractivity contribution is 6.17. The molecule has 0 aliphatic heterocycles. The van der Waals surface area contributed by atoms with Gasteiger partial charge >= 0.3 is 0 Å². The van der Waals surface area contributed by atoms with Crippen molar-refractivity contribution < 1.29 is 8.83 Å². The van der Waals surface area contributed by atoms with E-state index in [0.29, 0.717) is 17.5 Å². The Morgan fingerprint density at radius 1 is 0.320 bits per heavy atom. The summed E-state index contributed by atoms with van der Waals surface area (Å²) in [6.45, 7) is 0. The Morgan fingerprint density at radius 2 is 0.820 bits per heavy atom. The van der Waals surface area contributed by atoms with E-state index < -0.39 is 0 Å². The smallest absolute Gasteiger partial charge is 0.164 e. The molecule has 0 amide bonds. The van der Waals surface area contributed by atoms with E-state index >= 15 is 0 Å². The van der Waals surface area contributed by atoms with Crippen LogP contribution in [0.15, 0.2) is 173 Å². The van der Waals surface area contributed by atoms with E-state index in [1.54, 1.807) is 0 Å². The van der Waals surface area contributed by atoms with E-state index in [9.17, 15) is 0 Å². The first kappa shape index (κ1) is 28.2. The SMILES string of the molecule is c1ccc(-c2nc(-c3ccccc3)nc(-c3ccc4c(c3)oc3cc(-c5ccc(-c6ccccc6)c6oc7ccccc7c56)ccc34)n2)cc1. The van der Waals surface area contributed by atoms with Crippen LogP contribution in [0.2, 0.25) is 0 Å². The second-order valence-electron chi connectivity index (χ2n) is 12.4. The molecule has 10 rings (SSSR count). The number of fused-ring (bicyclic) bond motifs is 6. The fourth-order valence-electron chi connectivity index (χ4n) is 6.94. The summed E-state index contributed by atoms with van der Waals surface area (Å²) in [6.07, 6.45) is 0. The highest BCUT2D eigenvalue weighted by Crippen LogP contribution is 2.43. The zero-order valence-corrected chi connectivity index (χ0v) is 26.7. The van der Waals surface area contributed by atoms with E-state index in [4.69, 9.17) is 23.8 Å². The summed E-state index contributed by atoms with van der Waals surface area (Å²) >= 11 is 0. The molecule has 0 radical (unpaired) electrons. The van der Waals surface area contributed by atoms with E-state index in [2.05, 4.69) is 78.9 Å². The summed E-state index contributed by atoms with van der Waals surface area (Å²) in [5.74, 6) is 1.84. The zero-order valence-electron chi connectivity index (χ0n) is 26.7. The van der Waals surface area contributed by atoms with Crippen molar-refractivity contribution >= 4 is 43.9 Å². The highest BCUT2D eigenvalue weighted by atomic mass is 16.3. The average Bonchev–Trinajstić information content (AvgIpc) is 3.76. The largest absolute Gasteiger partial charge is 0.456 e. The number of benzene rings is 7. The first-order valence-corrected chi connectivity index (χ1v) is 16.6. The first-order chi connectivity index (χ1) is 24.8. The molecular formula is C45H27N3O2. The van der Waals surface area contributed by atoms with Gasteiger partial charge in [-0.1, -0.05) is 127 Å². The van der Waals surface area contributed by atoms with Crippen molar-refractivity contribution in [1.82, 2.24) is 15.0 Å². The van der Waals surface area contributed by atoms with Crippen LogP contribution in [0.3, 0.4) is 0 Å². The van der Waals surface area contributed by atoms with Gasteiger partial charge in [-0.05, 0) is 53.1 Å². The van der Waals surface area contributed by atoms with Gasteiger partial charge in [0.2, 0.25) is 0 Å². The van der Waals surface area contributed by atoms with Gasteiger partial charge in [-0.2, -0.15) is 0 Å². The normalized spacial score (nSPS) is 11.6. The lowest BCUT2D eigenvalue weighted by molar-refractivity contribution is 0.668. The van der Waals surface area contributed by atoms with E-state index in [0.717, 1.165) is 82.8 Å². The summed E-state index contributed by atoms with van der Waals surface area (Å²) < 4.78 is 13.1. The van der Waals surface area contributed by atoms with Crippen molar-refractivity contribution in [3.8, 4) is 56.4 Å². The third kappa shape index (κ3) is 4.67. The van der Waals surface area contributed by atoms with E-state index in [1.807, 2.05) is 84.9 Å². The van der Waals surface area contributed by atoms with Crippen molar-refractivity contribution in [2.24, 2.45) is 0 Å². The molecule has 5 nitrogen and oxygen atoms in total. The number of hydrogen-bond acceptors (Lipinski definition) is 5. The van der Waals surface area contributed by atoms with Crippen molar-refractivity contribution in [1.29, 1.82) is 0 Å². The Labute approximate surface area is 287 Å². The zero-order chi connectivity index (χ0) is 33.0. The quantitative estimate of drug-likeness (QED) is 0.187. The summed E-state index contributed by atoms with van der Waals surface area (Å²) in [7, 11) is 0. The summed E-state index contributed by atoms with van der Waals surface area (Å²) in [5.41, 5.74) is 10.4. The van der Waals surface area contributed by atoms with Crippen molar-refractivity contribution in [3.05, 3.63) is 164 Å². The van der Waals surface area contributed by atoms with Gasteiger partial charge in [-0.15, -0.1) is 0 Å². The molecule has 10 aromatic rings. The third-order valence-corrected chi connectivity index (χ3v) is 9.35. The van der Waals surface area contributed by atoms with Crippen molar-refractivity contribution in [2.45, 2.75) is 0 Å². The molecule has 0 aliphatic rings. The lowest BCUT2D eigenvalue weighted by Crippen LogP contribution is -2.00. The van der Waals surface area contributed by atoms with Gasteiger partial charge in [0.15, 0.2) is 17.5 Å². The number of nitrogens with zero attached hydrogens (tertiary/aromatic N) is 3. The Morgan fingerprint density at radius 3 is 1.46 bits per heavy atom. The maximum atomic E-state index is 6.59. The average molecular weight is 642 g/mol. The number of rotatable bonds is 5. The summed E-state index contributed by atoms with van der Waals surface area (Å²) in [4.78, 5) is 14.7. The molecule has 5 heteroatoms. The molecule has 3 aromatic heterocycles. The van der Waals surface area contributed by atoms with E-state index in [-0.39, 0.29) is 0 Å². The Balaban J connectivity index is 1.11. The minimum Gasteiger partial charge on any atom is -0.456 e. The molecule has 3 heterocycles. The van der Waals surface area contributed by atoms with Crippen molar-refractivity contribution in [3.63, 3.8) is 0 Å². The summed E-state index contributed by atoms with van der Waals surface area (Å²) in [6, 6.07) is 55.7. The fourth-order valence-corrected chi connectivity index (χ4v) is 6.94. The molecule has 7 aromatic carbocycles. The summed E-state index contributed by atoms with van der Waals surface area (Å²) in [5, 5.41) is 4.27. The van der Waals surface area contributed by atoms with Gasteiger partial charge < -0.3 is 8.83 Å². The van der Waals surface area contributed by atoms with Crippen LogP contribution in [0.1, 0.15) is 0 Å². The van der Waals surface area contributed by atoms with Crippen LogP contribution >= 0.6 is 0 Å². The molecule has 50 heavy (non-hydrogen) atoms. The predicted octanol–water partition coefficient (Wildman–Crippen LogP) is 12.0. The van der Waals surface area contributed by atoms with Crippen LogP contribution in [0.25, 0.3) is 100 Å². The minimum absolute atomic E-state index is 0.591. The molecule has 0 saturated carbocycles. The maximum absolute atomic E-state index is 6.59. The number of furan rings is 2. The molecule has 0 N–H and O–H groups in total. The monoisotopic (exact) mass is 641 g/mol. The molecule has 0 atom stereocenters. The van der Waals surface area contributed by atoms with Crippen LogP contribution in [0, 0.1) is 0 Å². The van der Waals surface area contributed by atoms with Gasteiger partial charge in [-0.3, -0.25) is 0 Å². The Hall–Kier alpha value is -6.85. The molecule has 234 valence electrons. The predicted molar refractivity (Wildman–Crippen MR) is 202 cm³/mol. The van der Waals surface area contributed by atoms with Gasteiger partial charge in [0.05, 0.1) is 0 Å². The number of hydrogen-bond donors (Lipinski definition) is 0. The van der Waals surface area contributed by atoms with Gasteiger partial charge in [-0.25, -0.2) is 15.0 Å². The van der Waals surface area contributed by atoms with Gasteiger partial charge in [0, 0.05) is 43.8 Å². The van der Waals surface area contributed by atoms with Crippen LogP contribution < -0.4 is 0 Å². The van der Waals surface area contributed by atoms with Gasteiger partial charge in [0.1, 0.15) is 22.3 Å². The van der Waals surface area contributed by atoms with Crippen LogP contribution in [0.4, 0.5) is 0 Å². The molecule has 0 unspecified atom stereocenters. The van der Waals surface area contributed by atoms with Crippen LogP contribution in [-0.4, -0.2) is 15.0 Å². The van der Waals surface area contributed by atoms with Crippen LogP contribution in [0.5, 0.6) is 0 Å². The molecule has 0 spiro atoms. The van der Waals surface area contributed by atoms with Gasteiger partial charge in [0.25, 0.3) is 0 Å². The molecule has 0 saturated heterocycles. The van der Waals surface area contributed by atoms with Crippen LogP contribution in [-0.2, 0) is 0 Å². The molecular weight excluding hydrogens is 615 g/mol. The van der Waals surface area contributed by atoms with Crippen molar-refractivity contribution in [2.75, 3.05) is 0 Å². The number of para-hydroxylation sites is 1. The second kappa shape index (κ2) is 11.4. The number of aromatic nitrogens is 3. The molecule has 0 fully saturated rings. The maximum Gasteiger partial charge on any atom is 0.164 e. The highest BCUT2D eigenvalue weighted by Gasteiger charge is 2.19. The topological polar surface area (TPSA) is 65.0 Å².